The highest BCUT2D eigenvalue weighted by molar-refractivity contribution is 5.02. The van der Waals surface area contributed by atoms with E-state index in [-0.39, 0.29) is 0 Å². The number of rotatable bonds is 39. The molecular formula is C46H90N2. The van der Waals surface area contributed by atoms with Crippen LogP contribution in [0.3, 0.4) is 0 Å². The molecule has 0 bridgehead atoms. The number of hydrogen-bond donors (Lipinski definition) is 0. The van der Waals surface area contributed by atoms with Gasteiger partial charge in [-0.3, -0.25) is 0 Å². The SMILES string of the molecule is CCCCCCCCCCCCCCCCCCC(CCCCCC)c1nccn1C(C)CCCCCCCCCCCCCCCC. The van der Waals surface area contributed by atoms with E-state index in [2.05, 4.69) is 44.7 Å². The molecular weight excluding hydrogens is 581 g/mol. The predicted octanol–water partition coefficient (Wildman–Crippen LogP) is 17.0. The maximum Gasteiger partial charge on any atom is 0.111 e. The lowest BCUT2D eigenvalue weighted by atomic mass is 9.93. The van der Waals surface area contributed by atoms with E-state index in [0.29, 0.717) is 12.0 Å². The number of imidazole rings is 1. The molecule has 2 nitrogen and oxygen atoms in total. The van der Waals surface area contributed by atoms with Gasteiger partial charge in [-0.15, -0.1) is 0 Å². The van der Waals surface area contributed by atoms with Gasteiger partial charge in [-0.2, -0.15) is 0 Å². The summed E-state index contributed by atoms with van der Waals surface area (Å²) >= 11 is 0. The molecule has 0 saturated heterocycles. The number of hydrogen-bond acceptors (Lipinski definition) is 1. The molecule has 1 aromatic rings. The van der Waals surface area contributed by atoms with Gasteiger partial charge in [-0.25, -0.2) is 4.98 Å². The second-order valence-electron chi connectivity index (χ2n) is 16.1. The molecule has 0 fully saturated rings. The molecule has 2 unspecified atom stereocenters. The Balaban J connectivity index is 2.21. The fourth-order valence-corrected chi connectivity index (χ4v) is 7.95. The molecule has 0 aliphatic rings. The lowest BCUT2D eigenvalue weighted by Gasteiger charge is -2.22. The molecule has 0 saturated carbocycles. The minimum Gasteiger partial charge on any atom is -0.332 e. The van der Waals surface area contributed by atoms with Crippen LogP contribution < -0.4 is 0 Å². The lowest BCUT2D eigenvalue weighted by Crippen LogP contribution is -2.13. The largest absolute Gasteiger partial charge is 0.332 e. The van der Waals surface area contributed by atoms with Gasteiger partial charge in [0.2, 0.25) is 0 Å². The third kappa shape index (κ3) is 27.0. The summed E-state index contributed by atoms with van der Waals surface area (Å²) in [6.07, 6.45) is 57.2. The van der Waals surface area contributed by atoms with Gasteiger partial charge in [0.25, 0.3) is 0 Å². The van der Waals surface area contributed by atoms with Crippen LogP contribution >= 0.6 is 0 Å². The average molecular weight is 671 g/mol. The molecule has 0 aliphatic carbocycles. The van der Waals surface area contributed by atoms with Crippen LogP contribution in [-0.2, 0) is 0 Å². The van der Waals surface area contributed by atoms with E-state index < -0.39 is 0 Å². The first-order valence-electron chi connectivity index (χ1n) is 22.8. The molecule has 0 aliphatic heterocycles. The maximum absolute atomic E-state index is 5.01. The first-order chi connectivity index (χ1) is 23.7. The first-order valence-corrected chi connectivity index (χ1v) is 22.8. The Morgan fingerprint density at radius 2 is 0.667 bits per heavy atom. The van der Waals surface area contributed by atoms with E-state index >= 15 is 0 Å². The molecule has 2 heteroatoms. The molecule has 0 radical (unpaired) electrons. The van der Waals surface area contributed by atoms with Crippen LogP contribution in [-0.4, -0.2) is 9.55 Å². The highest BCUT2D eigenvalue weighted by atomic mass is 15.1. The fourth-order valence-electron chi connectivity index (χ4n) is 7.95. The van der Waals surface area contributed by atoms with Gasteiger partial charge in [0.05, 0.1) is 0 Å². The van der Waals surface area contributed by atoms with Crippen LogP contribution in [0.5, 0.6) is 0 Å². The van der Waals surface area contributed by atoms with Crippen molar-refractivity contribution in [2.24, 2.45) is 0 Å². The summed E-state index contributed by atoms with van der Waals surface area (Å²) < 4.78 is 2.58. The summed E-state index contributed by atoms with van der Waals surface area (Å²) in [6, 6.07) is 0.587. The third-order valence-electron chi connectivity index (χ3n) is 11.3. The van der Waals surface area contributed by atoms with Crippen molar-refractivity contribution in [3.05, 3.63) is 18.2 Å². The number of aromatic nitrogens is 2. The van der Waals surface area contributed by atoms with Crippen LogP contribution in [0.1, 0.15) is 283 Å². The van der Waals surface area contributed by atoms with Gasteiger partial charge in [-0.05, 0) is 26.2 Å². The zero-order valence-electron chi connectivity index (χ0n) is 33.9. The Labute approximate surface area is 304 Å². The molecule has 1 aromatic heterocycles. The van der Waals surface area contributed by atoms with Gasteiger partial charge < -0.3 is 4.57 Å². The molecule has 0 amide bonds. The molecule has 0 spiro atoms. The van der Waals surface area contributed by atoms with Gasteiger partial charge in [0, 0.05) is 24.4 Å². The minimum absolute atomic E-state index is 0.587. The Kier molecular flexibility index (Phi) is 33.9. The van der Waals surface area contributed by atoms with Crippen LogP contribution in [0.4, 0.5) is 0 Å². The van der Waals surface area contributed by atoms with E-state index in [1.54, 1.807) is 0 Å². The minimum atomic E-state index is 0.587. The van der Waals surface area contributed by atoms with Gasteiger partial charge in [0.15, 0.2) is 0 Å². The van der Waals surface area contributed by atoms with Crippen molar-refractivity contribution in [1.29, 1.82) is 0 Å². The fraction of sp³-hybridized carbons (Fsp3) is 0.935. The van der Waals surface area contributed by atoms with Crippen molar-refractivity contribution in [2.75, 3.05) is 0 Å². The molecule has 1 rings (SSSR count). The third-order valence-corrected chi connectivity index (χ3v) is 11.3. The standard InChI is InChI=1S/C46H90N2/c1-5-8-11-14-16-18-20-22-24-25-27-29-31-33-35-38-41-45(40-37-13-10-7-3)46-47-42-43-48(46)44(4)39-36-34-32-30-28-26-23-21-19-17-15-12-9-6-2/h42-45H,5-41H2,1-4H3. The molecule has 0 aromatic carbocycles. The number of unbranched alkanes of at least 4 members (excludes halogenated alkanes) is 31. The van der Waals surface area contributed by atoms with Crippen molar-refractivity contribution >= 4 is 0 Å². The highest BCUT2D eigenvalue weighted by Gasteiger charge is 2.19. The summed E-state index contributed by atoms with van der Waals surface area (Å²) in [6.45, 7) is 9.41. The van der Waals surface area contributed by atoms with E-state index in [1.807, 2.05) is 0 Å². The summed E-state index contributed by atoms with van der Waals surface area (Å²) in [5.74, 6) is 2.06. The predicted molar refractivity (Wildman–Crippen MR) is 218 cm³/mol. The second-order valence-corrected chi connectivity index (χ2v) is 16.1. The molecule has 0 N–H and O–H groups in total. The topological polar surface area (TPSA) is 17.8 Å². The van der Waals surface area contributed by atoms with Gasteiger partial charge in [-0.1, -0.05) is 239 Å². The van der Waals surface area contributed by atoms with E-state index in [1.165, 1.54) is 243 Å². The maximum atomic E-state index is 5.01. The zero-order chi connectivity index (χ0) is 34.6. The number of nitrogens with zero attached hydrogens (tertiary/aromatic N) is 2. The second kappa shape index (κ2) is 36.0. The molecule has 284 valence electrons. The van der Waals surface area contributed by atoms with Crippen molar-refractivity contribution in [1.82, 2.24) is 9.55 Å². The Bertz CT molecular complexity index is 738. The Morgan fingerprint density at radius 3 is 1.00 bits per heavy atom. The highest BCUT2D eigenvalue weighted by Crippen LogP contribution is 2.31. The first kappa shape index (κ1) is 45.2. The van der Waals surface area contributed by atoms with Crippen LogP contribution in [0.25, 0.3) is 0 Å². The Morgan fingerprint density at radius 1 is 0.396 bits per heavy atom. The van der Waals surface area contributed by atoms with Crippen molar-refractivity contribution in [3.63, 3.8) is 0 Å². The Hall–Kier alpha value is -0.790. The van der Waals surface area contributed by atoms with Crippen molar-refractivity contribution in [3.8, 4) is 0 Å². The molecule has 1 heterocycles. The zero-order valence-corrected chi connectivity index (χ0v) is 33.9. The van der Waals surface area contributed by atoms with Crippen molar-refractivity contribution < 1.29 is 0 Å². The summed E-state index contributed by atoms with van der Waals surface area (Å²) in [7, 11) is 0. The average Bonchev–Trinajstić information content (AvgIpc) is 3.59. The smallest absolute Gasteiger partial charge is 0.111 e. The van der Waals surface area contributed by atoms with Crippen LogP contribution in [0.15, 0.2) is 12.4 Å². The summed E-state index contributed by atoms with van der Waals surface area (Å²) in [4.78, 5) is 5.01. The normalized spacial score (nSPS) is 13.0. The quantitative estimate of drug-likeness (QED) is 0.0637. The van der Waals surface area contributed by atoms with E-state index in [9.17, 15) is 0 Å². The van der Waals surface area contributed by atoms with Gasteiger partial charge >= 0.3 is 0 Å². The van der Waals surface area contributed by atoms with Crippen LogP contribution in [0.2, 0.25) is 0 Å². The molecule has 48 heavy (non-hydrogen) atoms. The van der Waals surface area contributed by atoms with E-state index in [0.717, 1.165) is 0 Å². The lowest BCUT2D eigenvalue weighted by molar-refractivity contribution is 0.413. The summed E-state index contributed by atoms with van der Waals surface area (Å²) in [5, 5.41) is 0. The van der Waals surface area contributed by atoms with Crippen molar-refractivity contribution in [2.45, 2.75) is 277 Å². The summed E-state index contributed by atoms with van der Waals surface area (Å²) in [5.41, 5.74) is 0. The molecule has 2 atom stereocenters. The van der Waals surface area contributed by atoms with Crippen LogP contribution in [0, 0.1) is 0 Å². The monoisotopic (exact) mass is 671 g/mol. The van der Waals surface area contributed by atoms with E-state index in [4.69, 9.17) is 4.98 Å². The van der Waals surface area contributed by atoms with Gasteiger partial charge in [0.1, 0.15) is 5.82 Å².